The van der Waals surface area contributed by atoms with Crippen LogP contribution in [-0.2, 0) is 11.4 Å². The summed E-state index contributed by atoms with van der Waals surface area (Å²) >= 11 is 1.48. The lowest BCUT2D eigenvalue weighted by Crippen LogP contribution is -2.11. The van der Waals surface area contributed by atoms with Crippen molar-refractivity contribution in [2.45, 2.75) is 6.61 Å². The van der Waals surface area contributed by atoms with Gasteiger partial charge in [0.2, 0.25) is 5.89 Å². The highest BCUT2D eigenvalue weighted by Crippen LogP contribution is 2.21. The summed E-state index contributed by atoms with van der Waals surface area (Å²) in [5, 5.41) is 13.6. The molecule has 0 spiro atoms. The van der Waals surface area contributed by atoms with Crippen molar-refractivity contribution in [3.63, 3.8) is 0 Å². The molecule has 2 N–H and O–H groups in total. The minimum absolute atomic E-state index is 0.0508. The summed E-state index contributed by atoms with van der Waals surface area (Å²) in [5.41, 5.74) is 6.58. The van der Waals surface area contributed by atoms with Gasteiger partial charge in [-0.3, -0.25) is 0 Å². The van der Waals surface area contributed by atoms with E-state index >= 15 is 0 Å². The highest BCUT2D eigenvalue weighted by atomic mass is 32.1. The molecular formula is C15H14N4O3S. The second-order valence-electron chi connectivity index (χ2n) is 4.46. The van der Waals surface area contributed by atoms with Crippen LogP contribution in [0.15, 0.2) is 51.4 Å². The Kier molecular flexibility index (Phi) is 4.53. The van der Waals surface area contributed by atoms with E-state index in [4.69, 9.17) is 19.7 Å². The van der Waals surface area contributed by atoms with E-state index < -0.39 is 0 Å². The highest BCUT2D eigenvalue weighted by Gasteiger charge is 2.09. The lowest BCUT2D eigenvalue weighted by Gasteiger charge is -1.99. The molecule has 0 saturated heterocycles. The van der Waals surface area contributed by atoms with Gasteiger partial charge in [-0.1, -0.05) is 11.2 Å². The molecule has 0 saturated carbocycles. The number of nitrogens with two attached hydrogens (primary N) is 1. The van der Waals surface area contributed by atoms with Crippen LogP contribution in [0.4, 0.5) is 0 Å². The van der Waals surface area contributed by atoms with Gasteiger partial charge in [0.15, 0.2) is 12.4 Å². The third-order valence-corrected chi connectivity index (χ3v) is 3.82. The predicted octanol–water partition coefficient (Wildman–Crippen LogP) is 2.64. The normalized spacial score (nSPS) is 11.4. The monoisotopic (exact) mass is 330 g/mol. The van der Waals surface area contributed by atoms with Gasteiger partial charge in [-0.25, -0.2) is 0 Å². The zero-order valence-corrected chi connectivity index (χ0v) is 13.1. The van der Waals surface area contributed by atoms with E-state index in [9.17, 15) is 0 Å². The molecule has 0 radical (unpaired) electrons. The summed E-state index contributed by atoms with van der Waals surface area (Å²) in [6.45, 7) is 0.0508. The minimum atomic E-state index is 0.0508. The quantitative estimate of drug-likeness (QED) is 0.424. The molecule has 3 aromatic rings. The van der Waals surface area contributed by atoms with Gasteiger partial charge in [-0.2, -0.15) is 0 Å². The molecule has 2 heterocycles. The molecule has 0 unspecified atom stereocenters. The average molecular weight is 330 g/mol. The van der Waals surface area contributed by atoms with E-state index in [0.717, 1.165) is 16.2 Å². The third-order valence-electron chi connectivity index (χ3n) is 2.93. The lowest BCUT2D eigenvalue weighted by molar-refractivity contribution is 0.111. The van der Waals surface area contributed by atoms with Gasteiger partial charge in [0.25, 0.3) is 5.89 Å². The van der Waals surface area contributed by atoms with Crippen molar-refractivity contribution in [2.75, 3.05) is 7.11 Å². The largest absolute Gasteiger partial charge is 0.497 e. The second-order valence-corrected chi connectivity index (χ2v) is 5.40. The van der Waals surface area contributed by atoms with Gasteiger partial charge in [-0.05, 0) is 35.7 Å². The summed E-state index contributed by atoms with van der Waals surface area (Å²) in [7, 11) is 1.61. The molecule has 0 aliphatic carbocycles. The van der Waals surface area contributed by atoms with E-state index in [1.54, 1.807) is 7.11 Å². The van der Waals surface area contributed by atoms with Crippen molar-refractivity contribution < 1.29 is 14.0 Å². The first-order chi connectivity index (χ1) is 11.3. The molecule has 0 bridgehead atoms. The van der Waals surface area contributed by atoms with Crippen molar-refractivity contribution in [3.05, 3.63) is 52.5 Å². The molecule has 0 aliphatic rings. The zero-order valence-electron chi connectivity index (χ0n) is 12.3. The Morgan fingerprint density at radius 1 is 1.26 bits per heavy atom. The number of thiophene rings is 1. The maximum atomic E-state index is 5.78. The number of amidine groups is 1. The van der Waals surface area contributed by atoms with Crippen molar-refractivity contribution in [3.8, 4) is 17.2 Å². The van der Waals surface area contributed by atoms with E-state index in [1.807, 2.05) is 41.8 Å². The molecule has 23 heavy (non-hydrogen) atoms. The third kappa shape index (κ3) is 3.67. The summed E-state index contributed by atoms with van der Waals surface area (Å²) in [6, 6.07) is 11.1. The predicted molar refractivity (Wildman–Crippen MR) is 86.1 cm³/mol. The van der Waals surface area contributed by atoms with E-state index in [0.29, 0.717) is 17.6 Å². The number of hydrogen-bond donors (Lipinski definition) is 1. The van der Waals surface area contributed by atoms with Crippen LogP contribution in [0.1, 0.15) is 10.8 Å². The molecule has 0 fully saturated rings. The van der Waals surface area contributed by atoms with Crippen LogP contribution in [0.2, 0.25) is 0 Å². The molecule has 8 heteroatoms. The number of ether oxygens (including phenoxy) is 1. The fourth-order valence-electron chi connectivity index (χ4n) is 1.79. The Balaban J connectivity index is 1.62. The fourth-order valence-corrected chi connectivity index (χ4v) is 2.41. The first-order valence-corrected chi connectivity index (χ1v) is 7.60. The van der Waals surface area contributed by atoms with Gasteiger partial charge >= 0.3 is 0 Å². The van der Waals surface area contributed by atoms with Crippen LogP contribution < -0.4 is 10.5 Å². The number of oxime groups is 1. The lowest BCUT2D eigenvalue weighted by atomic mass is 10.2. The summed E-state index contributed by atoms with van der Waals surface area (Å²) in [5.74, 6) is 1.80. The molecule has 7 nitrogen and oxygen atoms in total. The number of nitrogens with zero attached hydrogens (tertiary/aromatic N) is 3. The molecule has 2 aromatic heterocycles. The summed E-state index contributed by atoms with van der Waals surface area (Å²) in [6.07, 6.45) is 0. The van der Waals surface area contributed by atoms with Gasteiger partial charge < -0.3 is 19.7 Å². The minimum Gasteiger partial charge on any atom is -0.497 e. The number of hydrogen-bond acceptors (Lipinski definition) is 7. The summed E-state index contributed by atoms with van der Waals surface area (Å²) in [4.78, 5) is 5.99. The average Bonchev–Trinajstić information content (AvgIpc) is 3.27. The molecule has 0 amide bonds. The van der Waals surface area contributed by atoms with E-state index in [-0.39, 0.29) is 6.61 Å². The smallest absolute Gasteiger partial charge is 0.257 e. The van der Waals surface area contributed by atoms with Crippen LogP contribution >= 0.6 is 11.3 Å². The van der Waals surface area contributed by atoms with Crippen molar-refractivity contribution >= 4 is 17.2 Å². The maximum Gasteiger partial charge on any atom is 0.257 e. The van der Waals surface area contributed by atoms with Gasteiger partial charge in [0.05, 0.1) is 12.0 Å². The van der Waals surface area contributed by atoms with Crippen molar-refractivity contribution in [1.29, 1.82) is 0 Å². The Morgan fingerprint density at radius 3 is 2.78 bits per heavy atom. The Hall–Kier alpha value is -2.87. The van der Waals surface area contributed by atoms with E-state index in [1.165, 1.54) is 11.3 Å². The SMILES string of the molecule is COc1ccc(-c2nnc(CO/N=C(\N)c3cccs3)o2)cc1. The maximum absolute atomic E-state index is 5.78. The molecule has 0 atom stereocenters. The van der Waals surface area contributed by atoms with Crippen LogP contribution in [0, 0.1) is 0 Å². The van der Waals surface area contributed by atoms with Crippen molar-refractivity contribution in [1.82, 2.24) is 10.2 Å². The van der Waals surface area contributed by atoms with Crippen LogP contribution in [0.3, 0.4) is 0 Å². The molecule has 0 aliphatic heterocycles. The van der Waals surface area contributed by atoms with Crippen LogP contribution in [0.25, 0.3) is 11.5 Å². The molecular weight excluding hydrogens is 316 g/mol. The Bertz CT molecular complexity index is 781. The second kappa shape index (κ2) is 6.93. The van der Waals surface area contributed by atoms with Crippen LogP contribution in [-0.4, -0.2) is 23.1 Å². The fraction of sp³-hybridized carbons (Fsp3) is 0.133. The van der Waals surface area contributed by atoms with Crippen molar-refractivity contribution in [2.24, 2.45) is 10.9 Å². The van der Waals surface area contributed by atoms with Gasteiger partial charge in [-0.15, -0.1) is 21.5 Å². The Labute approximate surface area is 136 Å². The molecule has 3 rings (SSSR count). The molecule has 118 valence electrons. The standard InChI is InChI=1S/C15H14N4O3S/c1-20-11-6-4-10(5-7-11)15-18-17-13(22-15)9-21-19-14(16)12-3-2-8-23-12/h2-8H,9H2,1H3,(H2,16,19). The van der Waals surface area contributed by atoms with E-state index in [2.05, 4.69) is 15.4 Å². The number of rotatable bonds is 6. The number of benzene rings is 1. The first kappa shape index (κ1) is 15.0. The summed E-state index contributed by atoms with van der Waals surface area (Å²) < 4.78 is 10.6. The number of methoxy groups -OCH3 is 1. The highest BCUT2D eigenvalue weighted by molar-refractivity contribution is 7.12. The Morgan fingerprint density at radius 2 is 2.09 bits per heavy atom. The van der Waals surface area contributed by atoms with Gasteiger partial charge in [0.1, 0.15) is 5.75 Å². The number of aromatic nitrogens is 2. The van der Waals surface area contributed by atoms with Crippen LogP contribution in [0.5, 0.6) is 5.75 Å². The van der Waals surface area contributed by atoms with Gasteiger partial charge in [0, 0.05) is 5.56 Å². The molecule has 1 aromatic carbocycles. The first-order valence-electron chi connectivity index (χ1n) is 6.72. The zero-order chi connectivity index (χ0) is 16.1. The topological polar surface area (TPSA) is 95.8 Å².